The summed E-state index contributed by atoms with van der Waals surface area (Å²) in [5, 5.41) is 3.16. The van der Waals surface area contributed by atoms with Crippen molar-refractivity contribution in [2.45, 2.75) is 53.1 Å². The minimum absolute atomic E-state index is 0.0982. The molecule has 1 aromatic carbocycles. The molecule has 1 N–H and O–H groups in total. The minimum Gasteiger partial charge on any atom is -0.364 e. The molecule has 1 atom stereocenters. The fourth-order valence-electron chi connectivity index (χ4n) is 2.31. The highest BCUT2D eigenvalue weighted by molar-refractivity contribution is 5.51. The molecule has 2 nitrogen and oxygen atoms in total. The van der Waals surface area contributed by atoms with Crippen molar-refractivity contribution in [3.8, 4) is 0 Å². The summed E-state index contributed by atoms with van der Waals surface area (Å²) in [5.41, 5.74) is 0.749. The maximum absolute atomic E-state index is 14.2. The van der Waals surface area contributed by atoms with Gasteiger partial charge in [-0.2, -0.15) is 0 Å². The number of hydrogen-bond donors (Lipinski definition) is 1. The molecule has 1 aromatic rings. The zero-order valence-corrected chi connectivity index (χ0v) is 13.0. The van der Waals surface area contributed by atoms with Crippen molar-refractivity contribution in [2.24, 2.45) is 0 Å². The monoisotopic (exact) mass is 284 g/mol. The van der Waals surface area contributed by atoms with E-state index < -0.39 is 11.6 Å². The molecule has 0 heterocycles. The van der Waals surface area contributed by atoms with Gasteiger partial charge in [0.1, 0.15) is 17.3 Å². The van der Waals surface area contributed by atoms with Crippen molar-refractivity contribution in [3.63, 3.8) is 0 Å². The Morgan fingerprint density at radius 1 is 1.15 bits per heavy atom. The maximum Gasteiger partial charge on any atom is 0.149 e. The van der Waals surface area contributed by atoms with E-state index in [1.165, 1.54) is 12.1 Å². The number of nitrogens with zero attached hydrogens (tertiary/aromatic N) is 1. The second-order valence-electron chi connectivity index (χ2n) is 5.13. The van der Waals surface area contributed by atoms with Gasteiger partial charge in [-0.1, -0.05) is 13.8 Å². The van der Waals surface area contributed by atoms with E-state index in [9.17, 15) is 8.78 Å². The Kier molecular flexibility index (Phi) is 6.93. The Morgan fingerprint density at radius 2 is 1.75 bits per heavy atom. The summed E-state index contributed by atoms with van der Waals surface area (Å²) in [6.07, 6.45) is 1.85. The fraction of sp³-hybridized carbons (Fsp3) is 0.625. The van der Waals surface area contributed by atoms with Gasteiger partial charge < -0.3 is 10.2 Å². The summed E-state index contributed by atoms with van der Waals surface area (Å²) in [7, 11) is 0. The molecule has 0 aliphatic rings. The average molecular weight is 284 g/mol. The molecule has 1 rings (SSSR count). The van der Waals surface area contributed by atoms with Gasteiger partial charge in [-0.15, -0.1) is 0 Å². The third kappa shape index (κ3) is 4.17. The third-order valence-electron chi connectivity index (χ3n) is 3.58. The lowest BCUT2D eigenvalue weighted by molar-refractivity contribution is 0.540. The number of halogens is 2. The van der Waals surface area contributed by atoms with Gasteiger partial charge in [-0.25, -0.2) is 8.78 Å². The molecule has 0 amide bonds. The third-order valence-corrected chi connectivity index (χ3v) is 3.58. The highest BCUT2D eigenvalue weighted by atomic mass is 19.1. The molecule has 20 heavy (non-hydrogen) atoms. The first-order valence-electron chi connectivity index (χ1n) is 7.50. The lowest BCUT2D eigenvalue weighted by Crippen LogP contribution is -2.34. The van der Waals surface area contributed by atoms with Crippen LogP contribution in [0.5, 0.6) is 0 Å². The van der Waals surface area contributed by atoms with Gasteiger partial charge >= 0.3 is 0 Å². The van der Waals surface area contributed by atoms with Crippen LogP contribution in [0.2, 0.25) is 0 Å². The normalized spacial score (nSPS) is 12.5. The van der Waals surface area contributed by atoms with Crippen LogP contribution in [-0.2, 0) is 6.54 Å². The van der Waals surface area contributed by atoms with Crippen LogP contribution in [0.4, 0.5) is 14.5 Å². The second-order valence-corrected chi connectivity index (χ2v) is 5.13. The van der Waals surface area contributed by atoms with Crippen LogP contribution in [-0.4, -0.2) is 19.1 Å². The summed E-state index contributed by atoms with van der Waals surface area (Å²) in [6, 6.07) is 2.99. The molecule has 0 aromatic heterocycles. The van der Waals surface area contributed by atoms with Gasteiger partial charge in [0.15, 0.2) is 0 Å². The lowest BCUT2D eigenvalue weighted by atomic mass is 10.1. The molecule has 0 fully saturated rings. The van der Waals surface area contributed by atoms with Crippen molar-refractivity contribution in [3.05, 3.63) is 29.3 Å². The van der Waals surface area contributed by atoms with Crippen LogP contribution in [0, 0.1) is 11.6 Å². The van der Waals surface area contributed by atoms with Gasteiger partial charge in [0, 0.05) is 19.1 Å². The topological polar surface area (TPSA) is 15.3 Å². The summed E-state index contributed by atoms with van der Waals surface area (Å²) in [6.45, 7) is 9.92. The van der Waals surface area contributed by atoms with Crippen LogP contribution in [0.15, 0.2) is 12.1 Å². The zero-order chi connectivity index (χ0) is 15.1. The first-order valence-corrected chi connectivity index (χ1v) is 7.50. The van der Waals surface area contributed by atoms with E-state index in [0.29, 0.717) is 18.7 Å². The SMILES string of the molecule is CCCNCc1cc(F)c(N(CC)C(C)CC)c(F)c1. The van der Waals surface area contributed by atoms with Crippen LogP contribution in [0.1, 0.15) is 46.1 Å². The number of anilines is 1. The predicted molar refractivity (Wildman–Crippen MR) is 81.1 cm³/mol. The van der Waals surface area contributed by atoms with Crippen molar-refractivity contribution in [1.29, 1.82) is 0 Å². The molecule has 0 spiro atoms. The Balaban J connectivity index is 2.98. The van der Waals surface area contributed by atoms with E-state index in [0.717, 1.165) is 19.4 Å². The van der Waals surface area contributed by atoms with Crippen LogP contribution < -0.4 is 10.2 Å². The van der Waals surface area contributed by atoms with Crippen molar-refractivity contribution < 1.29 is 8.78 Å². The van der Waals surface area contributed by atoms with Gasteiger partial charge in [0.2, 0.25) is 0 Å². The molecule has 0 radical (unpaired) electrons. The Hall–Kier alpha value is -1.16. The Bertz CT molecular complexity index is 398. The van der Waals surface area contributed by atoms with E-state index in [-0.39, 0.29) is 11.7 Å². The fourth-order valence-corrected chi connectivity index (χ4v) is 2.31. The molecule has 0 saturated heterocycles. The smallest absolute Gasteiger partial charge is 0.149 e. The van der Waals surface area contributed by atoms with E-state index in [4.69, 9.17) is 0 Å². The Morgan fingerprint density at radius 3 is 2.20 bits per heavy atom. The number of benzene rings is 1. The lowest BCUT2D eigenvalue weighted by Gasteiger charge is -2.30. The second kappa shape index (κ2) is 8.20. The van der Waals surface area contributed by atoms with Gasteiger partial charge in [-0.3, -0.25) is 0 Å². The molecule has 0 bridgehead atoms. The first kappa shape index (κ1) is 16.9. The molecule has 0 aliphatic carbocycles. The first-order chi connectivity index (χ1) is 9.54. The summed E-state index contributed by atoms with van der Waals surface area (Å²) in [5.74, 6) is -0.944. The summed E-state index contributed by atoms with van der Waals surface area (Å²) < 4.78 is 28.5. The quantitative estimate of drug-likeness (QED) is 0.723. The average Bonchev–Trinajstić information content (AvgIpc) is 2.42. The van der Waals surface area contributed by atoms with E-state index in [2.05, 4.69) is 12.2 Å². The van der Waals surface area contributed by atoms with Crippen molar-refractivity contribution in [2.75, 3.05) is 18.0 Å². The minimum atomic E-state index is -0.472. The largest absolute Gasteiger partial charge is 0.364 e. The standard InChI is InChI=1S/C16H26F2N2/c1-5-8-19-11-13-9-14(17)16(15(18)10-13)20(7-3)12(4)6-2/h9-10,12,19H,5-8,11H2,1-4H3. The number of hydrogen-bond acceptors (Lipinski definition) is 2. The molecule has 0 aliphatic heterocycles. The maximum atomic E-state index is 14.2. The van der Waals surface area contributed by atoms with Gasteiger partial charge in [0.05, 0.1) is 0 Å². The highest BCUT2D eigenvalue weighted by Crippen LogP contribution is 2.27. The molecular weight excluding hydrogens is 258 g/mol. The predicted octanol–water partition coefficient (Wildman–Crippen LogP) is 4.09. The zero-order valence-electron chi connectivity index (χ0n) is 13.0. The molecule has 4 heteroatoms. The highest BCUT2D eigenvalue weighted by Gasteiger charge is 2.20. The van der Waals surface area contributed by atoms with Gasteiger partial charge in [0.25, 0.3) is 0 Å². The van der Waals surface area contributed by atoms with Crippen LogP contribution in [0.25, 0.3) is 0 Å². The summed E-state index contributed by atoms with van der Waals surface area (Å²) in [4.78, 5) is 1.79. The van der Waals surface area contributed by atoms with Crippen LogP contribution in [0.3, 0.4) is 0 Å². The van der Waals surface area contributed by atoms with Crippen molar-refractivity contribution >= 4 is 5.69 Å². The van der Waals surface area contributed by atoms with E-state index >= 15 is 0 Å². The van der Waals surface area contributed by atoms with E-state index in [1.54, 1.807) is 4.90 Å². The summed E-state index contributed by atoms with van der Waals surface area (Å²) >= 11 is 0. The number of nitrogens with one attached hydrogen (secondary N) is 1. The Labute approximate surface area is 121 Å². The molecule has 1 unspecified atom stereocenters. The van der Waals surface area contributed by atoms with Gasteiger partial charge in [-0.05, 0) is 50.9 Å². The van der Waals surface area contributed by atoms with Crippen LogP contribution >= 0.6 is 0 Å². The van der Waals surface area contributed by atoms with E-state index in [1.807, 2.05) is 20.8 Å². The number of rotatable bonds is 8. The molecular formula is C16H26F2N2. The molecule has 114 valence electrons. The van der Waals surface area contributed by atoms with Crippen molar-refractivity contribution in [1.82, 2.24) is 5.32 Å². The molecule has 0 saturated carbocycles.